The van der Waals surface area contributed by atoms with Gasteiger partial charge in [-0.25, -0.2) is 4.39 Å². The second-order valence-corrected chi connectivity index (χ2v) is 6.67. The van der Waals surface area contributed by atoms with Crippen LogP contribution in [0.15, 0.2) is 53.7 Å². The van der Waals surface area contributed by atoms with E-state index in [-0.39, 0.29) is 12.0 Å². The number of halogens is 2. The molecule has 1 amide bonds. The molecule has 0 N–H and O–H groups in total. The topological polar surface area (TPSA) is 41.9 Å². The third kappa shape index (κ3) is 4.41. The molecular weight excluding hydrogens is 355 g/mol. The predicted octanol–water partition coefficient (Wildman–Crippen LogP) is 4.52. The van der Waals surface area contributed by atoms with Crippen molar-refractivity contribution in [2.45, 2.75) is 25.9 Å². The number of nitrogens with zero attached hydrogens (tertiary/aromatic N) is 2. The standard InChI is InChI=1S/C20H20ClFN2O2/c1-2-10-24(20(25)15-4-3-5-17(22)11-15)13-18-12-19(23-26-18)14-6-8-16(21)9-7-14/h3-9,11,18H,2,10,12-13H2,1H3/t18-/m1/s1. The highest BCUT2D eigenvalue weighted by atomic mass is 35.5. The number of benzene rings is 2. The Bertz CT molecular complexity index is 808. The molecule has 0 saturated heterocycles. The van der Waals surface area contributed by atoms with Crippen LogP contribution in [0.1, 0.15) is 35.7 Å². The van der Waals surface area contributed by atoms with Gasteiger partial charge in [-0.1, -0.05) is 41.9 Å². The van der Waals surface area contributed by atoms with Gasteiger partial charge in [-0.3, -0.25) is 4.79 Å². The van der Waals surface area contributed by atoms with E-state index in [1.807, 2.05) is 31.2 Å². The van der Waals surface area contributed by atoms with Crippen molar-refractivity contribution in [2.24, 2.45) is 5.16 Å². The first-order valence-corrected chi connectivity index (χ1v) is 8.98. The highest BCUT2D eigenvalue weighted by Crippen LogP contribution is 2.20. The number of hydrogen-bond acceptors (Lipinski definition) is 3. The molecule has 0 aromatic heterocycles. The summed E-state index contributed by atoms with van der Waals surface area (Å²) in [5.74, 6) is -0.618. The van der Waals surface area contributed by atoms with Crippen molar-refractivity contribution in [1.82, 2.24) is 4.90 Å². The summed E-state index contributed by atoms with van der Waals surface area (Å²) >= 11 is 5.91. The van der Waals surface area contributed by atoms with Gasteiger partial charge in [0.2, 0.25) is 0 Å². The molecule has 0 radical (unpaired) electrons. The Labute approximate surface area is 157 Å². The Morgan fingerprint density at radius 2 is 2.08 bits per heavy atom. The SMILES string of the molecule is CCCN(C[C@H]1CC(c2ccc(Cl)cc2)=NO1)C(=O)c1cccc(F)c1. The minimum atomic E-state index is -0.419. The van der Waals surface area contributed by atoms with Gasteiger partial charge in [-0.05, 0) is 42.3 Å². The Balaban J connectivity index is 1.66. The van der Waals surface area contributed by atoms with Gasteiger partial charge in [0, 0.05) is 23.6 Å². The van der Waals surface area contributed by atoms with Crippen LogP contribution in [-0.2, 0) is 4.84 Å². The Kier molecular flexibility index (Phi) is 5.89. The van der Waals surface area contributed by atoms with Crippen molar-refractivity contribution in [2.75, 3.05) is 13.1 Å². The van der Waals surface area contributed by atoms with Gasteiger partial charge in [0.25, 0.3) is 5.91 Å². The minimum absolute atomic E-state index is 0.199. The summed E-state index contributed by atoms with van der Waals surface area (Å²) in [5, 5.41) is 4.82. The molecule has 26 heavy (non-hydrogen) atoms. The lowest BCUT2D eigenvalue weighted by Crippen LogP contribution is -2.38. The number of hydrogen-bond donors (Lipinski definition) is 0. The number of carbonyl (C=O) groups is 1. The normalized spacial score (nSPS) is 16.1. The molecule has 0 fully saturated rings. The van der Waals surface area contributed by atoms with E-state index in [1.165, 1.54) is 12.1 Å². The smallest absolute Gasteiger partial charge is 0.254 e. The third-order valence-corrected chi connectivity index (χ3v) is 4.44. The van der Waals surface area contributed by atoms with Crippen LogP contribution in [0.5, 0.6) is 0 Å². The molecule has 0 unspecified atom stereocenters. The quantitative estimate of drug-likeness (QED) is 0.745. The van der Waals surface area contributed by atoms with Crippen molar-refractivity contribution in [3.8, 4) is 0 Å². The van der Waals surface area contributed by atoms with Crippen molar-refractivity contribution >= 4 is 23.2 Å². The van der Waals surface area contributed by atoms with E-state index in [0.29, 0.717) is 30.1 Å². The zero-order valence-corrected chi connectivity index (χ0v) is 15.2. The monoisotopic (exact) mass is 374 g/mol. The molecule has 0 spiro atoms. The number of rotatable bonds is 6. The van der Waals surface area contributed by atoms with Gasteiger partial charge in [0.1, 0.15) is 5.82 Å². The summed E-state index contributed by atoms with van der Waals surface area (Å²) in [6.07, 6.45) is 1.20. The van der Waals surface area contributed by atoms with E-state index in [2.05, 4.69) is 5.16 Å². The zero-order chi connectivity index (χ0) is 18.5. The van der Waals surface area contributed by atoms with Gasteiger partial charge in [0.15, 0.2) is 6.10 Å². The molecule has 0 saturated carbocycles. The Hall–Kier alpha value is -2.40. The highest BCUT2D eigenvalue weighted by molar-refractivity contribution is 6.30. The van der Waals surface area contributed by atoms with Gasteiger partial charge in [0.05, 0.1) is 12.3 Å². The average molecular weight is 375 g/mol. The largest absolute Gasteiger partial charge is 0.390 e. The average Bonchev–Trinajstić information content (AvgIpc) is 3.10. The molecule has 2 aromatic rings. The Morgan fingerprint density at radius 3 is 2.77 bits per heavy atom. The fourth-order valence-corrected chi connectivity index (χ4v) is 3.06. The van der Waals surface area contributed by atoms with Gasteiger partial charge >= 0.3 is 0 Å². The molecule has 4 nitrogen and oxygen atoms in total. The van der Waals surface area contributed by atoms with E-state index >= 15 is 0 Å². The second-order valence-electron chi connectivity index (χ2n) is 6.24. The van der Waals surface area contributed by atoms with Crippen LogP contribution in [0, 0.1) is 5.82 Å². The lowest BCUT2D eigenvalue weighted by atomic mass is 10.0. The molecule has 1 aliphatic heterocycles. The Morgan fingerprint density at radius 1 is 1.31 bits per heavy atom. The predicted molar refractivity (Wildman–Crippen MR) is 100 cm³/mol. The van der Waals surface area contributed by atoms with E-state index in [1.54, 1.807) is 17.0 Å². The summed E-state index contributed by atoms with van der Waals surface area (Å²) in [6, 6.07) is 13.2. The van der Waals surface area contributed by atoms with Crippen LogP contribution in [0.2, 0.25) is 5.02 Å². The maximum atomic E-state index is 13.4. The summed E-state index contributed by atoms with van der Waals surface area (Å²) < 4.78 is 13.4. The zero-order valence-electron chi connectivity index (χ0n) is 14.5. The van der Waals surface area contributed by atoms with E-state index in [0.717, 1.165) is 17.7 Å². The van der Waals surface area contributed by atoms with Crippen molar-refractivity contribution in [3.05, 3.63) is 70.5 Å². The van der Waals surface area contributed by atoms with Crippen LogP contribution in [0.3, 0.4) is 0 Å². The highest BCUT2D eigenvalue weighted by Gasteiger charge is 2.27. The molecular formula is C20H20ClFN2O2. The van der Waals surface area contributed by atoms with Crippen LogP contribution < -0.4 is 0 Å². The van der Waals surface area contributed by atoms with Crippen LogP contribution in [0.4, 0.5) is 4.39 Å². The first kappa shape index (κ1) is 18.4. The van der Waals surface area contributed by atoms with Crippen LogP contribution >= 0.6 is 11.6 Å². The van der Waals surface area contributed by atoms with Gasteiger partial charge in [-0.2, -0.15) is 0 Å². The molecule has 1 atom stereocenters. The molecule has 3 rings (SSSR count). The van der Waals surface area contributed by atoms with Crippen LogP contribution in [-0.4, -0.2) is 35.7 Å². The molecule has 0 bridgehead atoms. The van der Waals surface area contributed by atoms with E-state index in [9.17, 15) is 9.18 Å². The fourth-order valence-electron chi connectivity index (χ4n) is 2.93. The maximum Gasteiger partial charge on any atom is 0.254 e. The van der Waals surface area contributed by atoms with E-state index in [4.69, 9.17) is 16.4 Å². The molecule has 6 heteroatoms. The van der Waals surface area contributed by atoms with Gasteiger partial charge in [-0.15, -0.1) is 0 Å². The first-order chi connectivity index (χ1) is 12.6. The van der Waals surface area contributed by atoms with Crippen molar-refractivity contribution in [3.63, 3.8) is 0 Å². The first-order valence-electron chi connectivity index (χ1n) is 8.60. The number of oxime groups is 1. The molecule has 136 valence electrons. The fraction of sp³-hybridized carbons (Fsp3) is 0.300. The van der Waals surface area contributed by atoms with Crippen molar-refractivity contribution < 1.29 is 14.0 Å². The molecule has 1 heterocycles. The molecule has 0 aliphatic carbocycles. The van der Waals surface area contributed by atoms with Crippen LogP contribution in [0.25, 0.3) is 0 Å². The summed E-state index contributed by atoms with van der Waals surface area (Å²) in [7, 11) is 0. The lowest BCUT2D eigenvalue weighted by Gasteiger charge is -2.24. The summed E-state index contributed by atoms with van der Waals surface area (Å²) in [6.45, 7) is 2.98. The van der Waals surface area contributed by atoms with Crippen molar-refractivity contribution in [1.29, 1.82) is 0 Å². The van der Waals surface area contributed by atoms with E-state index < -0.39 is 5.82 Å². The minimum Gasteiger partial charge on any atom is -0.390 e. The maximum absolute atomic E-state index is 13.4. The summed E-state index contributed by atoms with van der Waals surface area (Å²) in [5.41, 5.74) is 2.13. The molecule has 2 aromatic carbocycles. The molecule has 1 aliphatic rings. The third-order valence-electron chi connectivity index (χ3n) is 4.19. The number of carbonyl (C=O) groups excluding carboxylic acids is 1. The summed E-state index contributed by atoms with van der Waals surface area (Å²) in [4.78, 5) is 19.9. The second kappa shape index (κ2) is 8.32. The lowest BCUT2D eigenvalue weighted by molar-refractivity contribution is 0.0423. The van der Waals surface area contributed by atoms with Gasteiger partial charge < -0.3 is 9.74 Å². The number of amides is 1.